The maximum absolute atomic E-state index is 10.3. The zero-order valence-corrected chi connectivity index (χ0v) is 8.60. The van der Waals surface area contributed by atoms with Crippen LogP contribution in [0.4, 0.5) is 0 Å². The lowest BCUT2D eigenvalue weighted by molar-refractivity contribution is -0.110. The Morgan fingerprint density at radius 3 is 2.29 bits per heavy atom. The van der Waals surface area contributed by atoms with Crippen molar-refractivity contribution >= 4 is 6.29 Å². The van der Waals surface area contributed by atoms with Crippen molar-refractivity contribution in [2.24, 2.45) is 11.7 Å². The number of nitrogens with two attached hydrogens (primary N) is 1. The van der Waals surface area contributed by atoms with Crippen LogP contribution in [-0.4, -0.2) is 18.4 Å². The van der Waals surface area contributed by atoms with Crippen LogP contribution in [0.3, 0.4) is 0 Å². The molecule has 0 radical (unpaired) electrons. The molecule has 1 atom stereocenters. The first-order chi connectivity index (χ1) is 6.72. The van der Waals surface area contributed by atoms with Gasteiger partial charge in [-0.3, -0.25) is 0 Å². The first-order valence-corrected chi connectivity index (χ1v) is 4.53. The summed E-state index contributed by atoms with van der Waals surface area (Å²) in [6.07, 6.45) is 1.68. The number of hydrogen-bond acceptors (Lipinski definition) is 3. The van der Waals surface area contributed by atoms with Crippen LogP contribution in [0.2, 0.25) is 0 Å². The molecule has 0 fully saturated rings. The Labute approximate surface area is 84.6 Å². The van der Waals surface area contributed by atoms with E-state index in [0.717, 1.165) is 18.3 Å². The van der Waals surface area contributed by atoms with Gasteiger partial charge in [0.05, 0.1) is 0 Å². The highest BCUT2D eigenvalue weighted by Crippen LogP contribution is 2.12. The summed E-state index contributed by atoms with van der Waals surface area (Å²) in [4.78, 5) is 10.3. The minimum Gasteiger partial charge on any atom is -0.508 e. The van der Waals surface area contributed by atoms with Crippen molar-refractivity contribution in [3.63, 3.8) is 0 Å². The lowest BCUT2D eigenvalue weighted by Crippen LogP contribution is -1.99. The minimum atomic E-state index is 0.0505. The molecule has 0 bridgehead atoms. The molecule has 0 saturated carbocycles. The Morgan fingerprint density at radius 2 is 1.86 bits per heavy atom. The topological polar surface area (TPSA) is 63.3 Å². The summed E-state index contributed by atoms with van der Waals surface area (Å²) in [6.45, 7) is 1.87. The molecule has 1 aromatic rings. The van der Waals surface area contributed by atoms with E-state index >= 15 is 0 Å². The number of hydrogen-bond donors (Lipinski definition) is 2. The van der Waals surface area contributed by atoms with Crippen molar-refractivity contribution in [3.05, 3.63) is 29.8 Å². The molecule has 3 N–H and O–H groups in total. The maximum atomic E-state index is 10.3. The number of benzene rings is 1. The smallest absolute Gasteiger partial charge is 0.123 e. The van der Waals surface area contributed by atoms with Gasteiger partial charge in [-0.25, -0.2) is 0 Å². The molecule has 78 valence electrons. The summed E-state index contributed by atoms with van der Waals surface area (Å²) in [5.74, 6) is 0.312. The van der Waals surface area contributed by atoms with Crippen molar-refractivity contribution in [1.82, 2.24) is 0 Å². The maximum Gasteiger partial charge on any atom is 0.123 e. The first kappa shape index (κ1) is 12.7. The fourth-order valence-electron chi connectivity index (χ4n) is 1.05. The zero-order valence-electron chi connectivity index (χ0n) is 8.60. The molecular weight excluding hydrogens is 178 g/mol. The van der Waals surface area contributed by atoms with Gasteiger partial charge in [0.25, 0.3) is 0 Å². The Kier molecular flexibility index (Phi) is 6.41. The number of rotatable bonds is 3. The van der Waals surface area contributed by atoms with Gasteiger partial charge in [0.15, 0.2) is 0 Å². The van der Waals surface area contributed by atoms with Crippen molar-refractivity contribution in [2.45, 2.75) is 13.3 Å². The zero-order chi connectivity index (χ0) is 11.0. The average Bonchev–Trinajstić information content (AvgIpc) is 2.24. The molecule has 3 nitrogen and oxygen atoms in total. The number of aromatic hydroxyl groups is 1. The third-order valence-corrected chi connectivity index (χ3v) is 1.73. The monoisotopic (exact) mass is 195 g/mol. The van der Waals surface area contributed by atoms with Gasteiger partial charge in [0.1, 0.15) is 12.0 Å². The highest BCUT2D eigenvalue weighted by atomic mass is 16.3. The average molecular weight is 195 g/mol. The molecule has 1 unspecified atom stereocenters. The Morgan fingerprint density at radius 1 is 1.36 bits per heavy atom. The van der Waals surface area contributed by atoms with E-state index in [9.17, 15) is 4.79 Å². The van der Waals surface area contributed by atoms with E-state index in [0.29, 0.717) is 0 Å². The van der Waals surface area contributed by atoms with Gasteiger partial charge in [0.2, 0.25) is 0 Å². The Balaban J connectivity index is 0.000000791. The third-order valence-electron chi connectivity index (χ3n) is 1.73. The molecule has 0 aliphatic rings. The number of carbonyl (C=O) groups excluding carboxylic acids is 1. The molecule has 0 aliphatic heterocycles. The largest absolute Gasteiger partial charge is 0.508 e. The molecule has 0 aliphatic carbocycles. The normalized spacial score (nSPS) is 11.1. The van der Waals surface area contributed by atoms with Crippen molar-refractivity contribution in [3.8, 4) is 5.75 Å². The number of carbonyl (C=O) groups is 1. The van der Waals surface area contributed by atoms with E-state index in [1.807, 2.05) is 19.1 Å². The summed E-state index contributed by atoms with van der Waals surface area (Å²) in [7, 11) is 1.50. The predicted octanol–water partition coefficient (Wildman–Crippen LogP) is 1.34. The third kappa shape index (κ3) is 4.62. The van der Waals surface area contributed by atoms with Crippen LogP contribution >= 0.6 is 0 Å². The summed E-state index contributed by atoms with van der Waals surface area (Å²) >= 11 is 0. The van der Waals surface area contributed by atoms with E-state index in [-0.39, 0.29) is 11.7 Å². The number of aldehydes is 1. The van der Waals surface area contributed by atoms with E-state index in [1.54, 1.807) is 12.1 Å². The summed E-state index contributed by atoms with van der Waals surface area (Å²) < 4.78 is 0. The molecule has 0 spiro atoms. The first-order valence-electron chi connectivity index (χ1n) is 4.53. The van der Waals surface area contributed by atoms with E-state index in [4.69, 9.17) is 5.11 Å². The highest BCUT2D eigenvalue weighted by molar-refractivity contribution is 5.53. The fraction of sp³-hybridized carbons (Fsp3) is 0.364. The van der Waals surface area contributed by atoms with Crippen molar-refractivity contribution < 1.29 is 9.90 Å². The summed E-state index contributed by atoms with van der Waals surface area (Å²) in [5.41, 5.74) is 5.58. The van der Waals surface area contributed by atoms with Gasteiger partial charge < -0.3 is 15.6 Å². The van der Waals surface area contributed by atoms with Gasteiger partial charge in [-0.2, -0.15) is 0 Å². The number of phenols is 1. The highest BCUT2D eigenvalue weighted by Gasteiger charge is 2.00. The Bertz CT molecular complexity index is 256. The second-order valence-corrected chi connectivity index (χ2v) is 2.98. The van der Waals surface area contributed by atoms with Gasteiger partial charge in [0, 0.05) is 5.92 Å². The van der Waals surface area contributed by atoms with Crippen LogP contribution in [0.25, 0.3) is 0 Å². The second kappa shape index (κ2) is 7.09. The van der Waals surface area contributed by atoms with Crippen LogP contribution in [-0.2, 0) is 11.2 Å². The van der Waals surface area contributed by atoms with Crippen molar-refractivity contribution in [1.29, 1.82) is 0 Å². The van der Waals surface area contributed by atoms with Crippen LogP contribution in [0.15, 0.2) is 24.3 Å². The molecule has 0 heterocycles. The quantitative estimate of drug-likeness (QED) is 0.715. The molecule has 3 heteroatoms. The van der Waals surface area contributed by atoms with Gasteiger partial charge in [-0.1, -0.05) is 19.1 Å². The van der Waals surface area contributed by atoms with Gasteiger partial charge in [-0.05, 0) is 31.2 Å². The Hall–Kier alpha value is -1.35. The summed E-state index contributed by atoms with van der Waals surface area (Å²) in [6, 6.07) is 6.92. The lowest BCUT2D eigenvalue weighted by Gasteiger charge is -2.02. The van der Waals surface area contributed by atoms with Crippen LogP contribution in [0.5, 0.6) is 5.75 Å². The lowest BCUT2D eigenvalue weighted by atomic mass is 10.0. The van der Waals surface area contributed by atoms with E-state index in [2.05, 4.69) is 5.73 Å². The SMILES string of the molecule is CC(C=O)Cc1ccc(O)cc1.CN. The second-order valence-electron chi connectivity index (χ2n) is 2.98. The molecule has 0 saturated heterocycles. The standard InChI is InChI=1S/C10H12O2.CH5N/c1-8(7-11)6-9-2-4-10(12)5-3-9;1-2/h2-5,7-8,12H,6H2,1H3;2H2,1H3. The van der Waals surface area contributed by atoms with E-state index < -0.39 is 0 Å². The van der Waals surface area contributed by atoms with Crippen LogP contribution in [0, 0.1) is 5.92 Å². The van der Waals surface area contributed by atoms with Crippen LogP contribution < -0.4 is 5.73 Å². The molecule has 1 aromatic carbocycles. The predicted molar refractivity (Wildman–Crippen MR) is 57.2 cm³/mol. The minimum absolute atomic E-state index is 0.0505. The fourth-order valence-corrected chi connectivity index (χ4v) is 1.05. The van der Waals surface area contributed by atoms with Crippen LogP contribution in [0.1, 0.15) is 12.5 Å². The molecule has 1 rings (SSSR count). The molecule has 14 heavy (non-hydrogen) atoms. The molecule has 0 aromatic heterocycles. The summed E-state index contributed by atoms with van der Waals surface area (Å²) in [5, 5.41) is 8.98. The number of phenolic OH excluding ortho intramolecular Hbond substituents is 1. The van der Waals surface area contributed by atoms with Crippen molar-refractivity contribution in [2.75, 3.05) is 7.05 Å². The van der Waals surface area contributed by atoms with Gasteiger partial charge >= 0.3 is 0 Å². The molecule has 0 amide bonds. The molecular formula is C11H17NO2. The van der Waals surface area contributed by atoms with Gasteiger partial charge in [-0.15, -0.1) is 0 Å². The van der Waals surface area contributed by atoms with E-state index in [1.165, 1.54) is 7.05 Å².